The summed E-state index contributed by atoms with van der Waals surface area (Å²) in [5.41, 5.74) is 2.42. The fourth-order valence-corrected chi connectivity index (χ4v) is 3.36. The lowest BCUT2D eigenvalue weighted by Gasteiger charge is -2.36. The summed E-state index contributed by atoms with van der Waals surface area (Å²) in [6.45, 7) is 9.09. The van der Waals surface area contributed by atoms with Gasteiger partial charge in [0.1, 0.15) is 11.5 Å². The fourth-order valence-electron chi connectivity index (χ4n) is 3.36. The van der Waals surface area contributed by atoms with Crippen molar-refractivity contribution in [3.05, 3.63) is 47.0 Å². The number of amides is 1. The van der Waals surface area contributed by atoms with Crippen LogP contribution in [0.5, 0.6) is 0 Å². The minimum absolute atomic E-state index is 0.131. The largest absolute Gasteiger partial charge is 0.336 e. The first-order chi connectivity index (χ1) is 11.3. The third kappa shape index (κ3) is 3.19. The highest BCUT2D eigenvalue weighted by molar-refractivity contribution is 5.94. The maximum absolute atomic E-state index is 14.6. The zero-order valence-corrected chi connectivity index (χ0v) is 14.5. The van der Waals surface area contributed by atoms with E-state index in [2.05, 4.69) is 10.4 Å². The van der Waals surface area contributed by atoms with E-state index < -0.39 is 5.82 Å². The molecule has 0 aliphatic carbocycles. The molecule has 0 radical (unpaired) electrons. The Morgan fingerprint density at radius 1 is 1.21 bits per heavy atom. The Morgan fingerprint density at radius 3 is 2.42 bits per heavy atom. The predicted octanol–water partition coefficient (Wildman–Crippen LogP) is 2.45. The lowest BCUT2D eigenvalue weighted by atomic mass is 10.1. The van der Waals surface area contributed by atoms with Gasteiger partial charge in [-0.15, -0.1) is 0 Å². The van der Waals surface area contributed by atoms with E-state index >= 15 is 0 Å². The van der Waals surface area contributed by atoms with Crippen molar-refractivity contribution in [2.45, 2.75) is 39.8 Å². The van der Waals surface area contributed by atoms with Gasteiger partial charge in [-0.2, -0.15) is 5.10 Å². The number of carbonyl (C=O) groups is 1. The van der Waals surface area contributed by atoms with E-state index in [0.717, 1.165) is 11.4 Å². The van der Waals surface area contributed by atoms with Crippen molar-refractivity contribution in [2.75, 3.05) is 13.1 Å². The van der Waals surface area contributed by atoms with Crippen LogP contribution in [0.15, 0.2) is 24.3 Å². The van der Waals surface area contributed by atoms with Crippen LogP contribution < -0.4 is 5.32 Å². The van der Waals surface area contributed by atoms with Crippen LogP contribution in [0.1, 0.15) is 35.6 Å². The lowest BCUT2D eigenvalue weighted by molar-refractivity contribution is 0.0673. The van der Waals surface area contributed by atoms with E-state index in [9.17, 15) is 9.18 Å². The molecule has 1 fully saturated rings. The Balaban J connectivity index is 1.87. The number of aryl methyl sites for hydroxylation is 2. The van der Waals surface area contributed by atoms with E-state index in [1.165, 1.54) is 6.07 Å². The van der Waals surface area contributed by atoms with Gasteiger partial charge in [0.2, 0.25) is 0 Å². The SMILES string of the molecule is Cc1cc(C)n(-c2ccc(C(=O)N3CC(C)NC(C)C3)cc2F)n1. The van der Waals surface area contributed by atoms with Crippen molar-refractivity contribution in [3.63, 3.8) is 0 Å². The van der Waals surface area contributed by atoms with E-state index in [-0.39, 0.29) is 18.0 Å². The van der Waals surface area contributed by atoms with Crippen LogP contribution in [-0.2, 0) is 0 Å². The molecule has 1 aliphatic rings. The third-order valence-electron chi connectivity index (χ3n) is 4.28. The van der Waals surface area contributed by atoms with Crippen LogP contribution in [0.4, 0.5) is 4.39 Å². The van der Waals surface area contributed by atoms with Crippen molar-refractivity contribution in [2.24, 2.45) is 0 Å². The second kappa shape index (κ2) is 6.36. The molecule has 1 aliphatic heterocycles. The molecule has 2 aromatic rings. The van der Waals surface area contributed by atoms with E-state index in [1.54, 1.807) is 21.7 Å². The van der Waals surface area contributed by atoms with Crippen molar-refractivity contribution in [3.8, 4) is 5.69 Å². The number of nitrogens with zero attached hydrogens (tertiary/aromatic N) is 3. The molecule has 2 heterocycles. The minimum atomic E-state index is -0.441. The molecule has 1 saturated heterocycles. The summed E-state index contributed by atoms with van der Waals surface area (Å²) in [4.78, 5) is 14.5. The summed E-state index contributed by atoms with van der Waals surface area (Å²) < 4.78 is 16.1. The van der Waals surface area contributed by atoms with Gasteiger partial charge in [-0.3, -0.25) is 4.79 Å². The van der Waals surface area contributed by atoms with Gasteiger partial charge >= 0.3 is 0 Å². The molecule has 0 saturated carbocycles. The highest BCUT2D eigenvalue weighted by atomic mass is 19.1. The fraction of sp³-hybridized carbons (Fsp3) is 0.444. The molecule has 24 heavy (non-hydrogen) atoms. The Bertz CT molecular complexity index is 760. The third-order valence-corrected chi connectivity index (χ3v) is 4.28. The standard InChI is InChI=1S/C18H23FN4O/c1-11-7-14(4)23(21-11)17-6-5-15(8-16(17)19)18(24)22-9-12(2)20-13(3)10-22/h5-8,12-13,20H,9-10H2,1-4H3. The van der Waals surface area contributed by atoms with Crippen LogP contribution in [0.3, 0.4) is 0 Å². The van der Waals surface area contributed by atoms with Crippen molar-refractivity contribution >= 4 is 5.91 Å². The quantitative estimate of drug-likeness (QED) is 0.920. The van der Waals surface area contributed by atoms with Gasteiger partial charge in [0.25, 0.3) is 5.91 Å². The number of nitrogens with one attached hydrogen (secondary N) is 1. The molecule has 1 amide bonds. The Kier molecular flexibility index (Phi) is 4.41. The molecule has 5 nitrogen and oxygen atoms in total. The first-order valence-electron chi connectivity index (χ1n) is 8.23. The first-order valence-corrected chi connectivity index (χ1v) is 8.23. The van der Waals surface area contributed by atoms with E-state index in [1.807, 2.05) is 33.8 Å². The average molecular weight is 330 g/mol. The minimum Gasteiger partial charge on any atom is -0.336 e. The molecule has 2 atom stereocenters. The van der Waals surface area contributed by atoms with Crippen LogP contribution >= 0.6 is 0 Å². The number of hydrogen-bond donors (Lipinski definition) is 1. The maximum Gasteiger partial charge on any atom is 0.254 e. The number of carbonyl (C=O) groups excluding carboxylic acids is 1. The number of aromatic nitrogens is 2. The highest BCUT2D eigenvalue weighted by Crippen LogP contribution is 2.19. The molecule has 1 aromatic carbocycles. The summed E-state index contributed by atoms with van der Waals surface area (Å²) >= 11 is 0. The molecule has 1 N–H and O–H groups in total. The topological polar surface area (TPSA) is 50.2 Å². The van der Waals surface area contributed by atoms with Crippen LogP contribution in [0.2, 0.25) is 0 Å². The van der Waals surface area contributed by atoms with Gasteiger partial charge in [0.05, 0.1) is 5.69 Å². The number of rotatable bonds is 2. The van der Waals surface area contributed by atoms with Crippen molar-refractivity contribution < 1.29 is 9.18 Å². The number of hydrogen-bond acceptors (Lipinski definition) is 3. The number of halogens is 1. The first kappa shape index (κ1) is 16.6. The maximum atomic E-state index is 14.6. The van der Waals surface area contributed by atoms with Crippen LogP contribution in [0.25, 0.3) is 5.69 Å². The average Bonchev–Trinajstić information content (AvgIpc) is 2.84. The van der Waals surface area contributed by atoms with E-state index in [4.69, 9.17) is 0 Å². The molecular formula is C18H23FN4O. The summed E-state index contributed by atoms with van der Waals surface area (Å²) in [5.74, 6) is -0.572. The van der Waals surface area contributed by atoms with Crippen molar-refractivity contribution in [1.29, 1.82) is 0 Å². The Hall–Kier alpha value is -2.21. The van der Waals surface area contributed by atoms with Gasteiger partial charge in [-0.25, -0.2) is 9.07 Å². The summed E-state index contributed by atoms with van der Waals surface area (Å²) in [6.07, 6.45) is 0. The predicted molar refractivity (Wildman–Crippen MR) is 91.0 cm³/mol. The zero-order valence-electron chi connectivity index (χ0n) is 14.5. The number of piperazine rings is 1. The van der Waals surface area contributed by atoms with E-state index in [0.29, 0.717) is 24.3 Å². The van der Waals surface area contributed by atoms with Crippen LogP contribution in [0, 0.1) is 19.7 Å². The smallest absolute Gasteiger partial charge is 0.254 e. The number of benzene rings is 1. The molecule has 128 valence electrons. The normalized spacial score (nSPS) is 21.1. The Morgan fingerprint density at radius 2 is 1.88 bits per heavy atom. The molecule has 2 unspecified atom stereocenters. The summed E-state index contributed by atoms with van der Waals surface area (Å²) in [5, 5.41) is 7.69. The van der Waals surface area contributed by atoms with Crippen molar-refractivity contribution in [1.82, 2.24) is 20.0 Å². The molecule has 0 bridgehead atoms. The van der Waals surface area contributed by atoms with Gasteiger partial charge < -0.3 is 10.2 Å². The second-order valence-electron chi connectivity index (χ2n) is 6.68. The van der Waals surface area contributed by atoms with Gasteiger partial charge in [0, 0.05) is 36.4 Å². The monoisotopic (exact) mass is 330 g/mol. The van der Waals surface area contributed by atoms with Gasteiger partial charge in [-0.05, 0) is 52.0 Å². The zero-order chi connectivity index (χ0) is 17.4. The lowest BCUT2D eigenvalue weighted by Crippen LogP contribution is -2.55. The van der Waals surface area contributed by atoms with Gasteiger partial charge in [0.15, 0.2) is 0 Å². The second-order valence-corrected chi connectivity index (χ2v) is 6.68. The molecule has 6 heteroatoms. The molecular weight excluding hydrogens is 307 g/mol. The highest BCUT2D eigenvalue weighted by Gasteiger charge is 2.26. The van der Waals surface area contributed by atoms with Crippen LogP contribution in [-0.4, -0.2) is 45.8 Å². The molecule has 3 rings (SSSR count). The van der Waals surface area contributed by atoms with Gasteiger partial charge in [-0.1, -0.05) is 0 Å². The molecule has 0 spiro atoms. The Labute approximate surface area is 141 Å². The molecule has 1 aromatic heterocycles. The summed E-state index contributed by atoms with van der Waals surface area (Å²) in [6, 6.07) is 6.96. The summed E-state index contributed by atoms with van der Waals surface area (Å²) in [7, 11) is 0.